The van der Waals surface area contributed by atoms with Gasteiger partial charge in [0.2, 0.25) is 0 Å². The molecule has 0 radical (unpaired) electrons. The average Bonchev–Trinajstić information content (AvgIpc) is 3.52. The number of hydrogen-bond acceptors (Lipinski definition) is 8. The largest absolute Gasteiger partial charge is 0.350 e. The summed E-state index contributed by atoms with van der Waals surface area (Å²) in [7, 11) is 1.66. The van der Waals surface area contributed by atoms with Crippen molar-refractivity contribution in [3.05, 3.63) is 48.3 Å². The summed E-state index contributed by atoms with van der Waals surface area (Å²) in [6.07, 6.45) is 9.97. The Kier molecular flexibility index (Phi) is 4.98. The van der Waals surface area contributed by atoms with Crippen molar-refractivity contribution in [2.45, 2.75) is 32.1 Å². The van der Waals surface area contributed by atoms with E-state index in [9.17, 15) is 9.59 Å². The average molecular weight is 392 g/mol. The first-order chi connectivity index (χ1) is 14.1. The molecular weight excluding hydrogens is 372 g/mol. The molecule has 3 heterocycles. The minimum absolute atomic E-state index is 0.110. The van der Waals surface area contributed by atoms with Gasteiger partial charge in [-0.15, -0.1) is 0 Å². The minimum Gasteiger partial charge on any atom is -0.350 e. The molecule has 1 aliphatic carbocycles. The molecule has 10 heteroatoms. The molecule has 10 nitrogen and oxygen atoms in total. The van der Waals surface area contributed by atoms with E-state index >= 15 is 0 Å². The maximum atomic E-state index is 13.1. The number of hydrogen-bond donors (Lipinski definition) is 2. The van der Waals surface area contributed by atoms with Gasteiger partial charge in [0, 0.05) is 19.4 Å². The zero-order chi connectivity index (χ0) is 20.4. The first-order valence-corrected chi connectivity index (χ1v) is 9.32. The number of aromatic nitrogens is 6. The van der Waals surface area contributed by atoms with Gasteiger partial charge < -0.3 is 10.6 Å². The predicted molar refractivity (Wildman–Crippen MR) is 105 cm³/mol. The number of ketones is 1. The highest BCUT2D eigenvalue weighted by molar-refractivity contribution is 6.10. The molecule has 1 fully saturated rings. The molecule has 0 atom stereocenters. The Morgan fingerprint density at radius 1 is 1.14 bits per heavy atom. The number of Topliss-reactive ketones (excluding diaryl/α,β-unsaturated/α-hetero) is 1. The van der Waals surface area contributed by atoms with Crippen LogP contribution in [0.15, 0.2) is 31.1 Å². The number of aryl methyl sites for hydroxylation is 1. The van der Waals surface area contributed by atoms with Crippen molar-refractivity contribution in [1.29, 1.82) is 0 Å². The van der Waals surface area contributed by atoms with E-state index in [0.29, 0.717) is 35.0 Å². The van der Waals surface area contributed by atoms with Crippen molar-refractivity contribution in [2.24, 2.45) is 7.05 Å². The van der Waals surface area contributed by atoms with Crippen LogP contribution in [0.1, 0.15) is 58.9 Å². The fourth-order valence-electron chi connectivity index (χ4n) is 2.93. The summed E-state index contributed by atoms with van der Waals surface area (Å²) in [6.45, 7) is 1.76. The normalized spacial score (nSPS) is 13.2. The number of amides is 1. The van der Waals surface area contributed by atoms with E-state index in [1.807, 2.05) is 0 Å². The van der Waals surface area contributed by atoms with Gasteiger partial charge in [-0.05, 0) is 12.8 Å². The van der Waals surface area contributed by atoms with Crippen LogP contribution in [0.3, 0.4) is 0 Å². The van der Waals surface area contributed by atoms with Crippen LogP contribution in [-0.2, 0) is 7.05 Å². The molecule has 0 bridgehead atoms. The van der Waals surface area contributed by atoms with E-state index in [1.54, 1.807) is 32.6 Å². The summed E-state index contributed by atoms with van der Waals surface area (Å²) < 4.78 is 1.46. The molecule has 3 aromatic heterocycles. The molecule has 0 saturated heterocycles. The summed E-state index contributed by atoms with van der Waals surface area (Å²) >= 11 is 0. The molecule has 3 aromatic rings. The van der Waals surface area contributed by atoms with Gasteiger partial charge in [-0.2, -0.15) is 5.10 Å². The fraction of sp³-hybridized carbons (Fsp3) is 0.316. The maximum Gasteiger partial charge on any atom is 0.276 e. The lowest BCUT2D eigenvalue weighted by Gasteiger charge is -2.12. The van der Waals surface area contributed by atoms with Gasteiger partial charge in [0.05, 0.1) is 41.8 Å². The van der Waals surface area contributed by atoms with Crippen LogP contribution >= 0.6 is 0 Å². The number of rotatable bonds is 7. The monoisotopic (exact) mass is 392 g/mol. The van der Waals surface area contributed by atoms with Crippen molar-refractivity contribution in [2.75, 3.05) is 10.6 Å². The number of nitrogens with one attached hydrogen (secondary N) is 2. The standard InChI is InChI=1S/C19H20N8O2/c1-3-15(28)17-14(9-23-27(17)2)25-19(29)16-13(24-12-6-20-10-21-7-12)8-22-18(26-16)11-4-5-11/h6-11,24H,3-5H2,1-2H3,(H,25,29). The first-order valence-electron chi connectivity index (χ1n) is 9.32. The Morgan fingerprint density at radius 3 is 2.59 bits per heavy atom. The predicted octanol–water partition coefficient (Wildman–Crippen LogP) is 2.47. The molecule has 0 unspecified atom stereocenters. The molecule has 0 aromatic carbocycles. The third kappa shape index (κ3) is 3.96. The maximum absolute atomic E-state index is 13.1. The fourth-order valence-corrected chi connectivity index (χ4v) is 2.93. The first kappa shape index (κ1) is 18.7. The number of carbonyl (C=O) groups excluding carboxylic acids is 2. The smallest absolute Gasteiger partial charge is 0.276 e. The molecule has 29 heavy (non-hydrogen) atoms. The van der Waals surface area contributed by atoms with Crippen LogP contribution in [0, 0.1) is 0 Å². The molecule has 1 saturated carbocycles. The van der Waals surface area contributed by atoms with Crippen LogP contribution < -0.4 is 10.6 Å². The highest BCUT2D eigenvalue weighted by atomic mass is 16.2. The van der Waals surface area contributed by atoms with Crippen LogP contribution in [-0.4, -0.2) is 41.4 Å². The van der Waals surface area contributed by atoms with Crippen LogP contribution in [0.4, 0.5) is 17.1 Å². The second kappa shape index (κ2) is 7.74. The molecule has 0 spiro atoms. The summed E-state index contributed by atoms with van der Waals surface area (Å²) in [6, 6.07) is 0. The van der Waals surface area contributed by atoms with Gasteiger partial charge >= 0.3 is 0 Å². The Balaban J connectivity index is 1.66. The number of nitrogens with zero attached hydrogens (tertiary/aromatic N) is 6. The SMILES string of the molecule is CCC(=O)c1c(NC(=O)c2nc(C3CC3)ncc2Nc2cncnc2)cnn1C. The van der Waals surface area contributed by atoms with E-state index in [2.05, 4.69) is 35.7 Å². The zero-order valence-electron chi connectivity index (χ0n) is 16.1. The van der Waals surface area contributed by atoms with Crippen LogP contribution in [0.2, 0.25) is 0 Å². The van der Waals surface area contributed by atoms with Crippen molar-refractivity contribution < 1.29 is 9.59 Å². The van der Waals surface area contributed by atoms with E-state index in [1.165, 1.54) is 17.2 Å². The van der Waals surface area contributed by atoms with E-state index in [0.717, 1.165) is 12.8 Å². The van der Waals surface area contributed by atoms with Gasteiger partial charge in [-0.1, -0.05) is 6.92 Å². The Morgan fingerprint density at radius 2 is 1.90 bits per heavy atom. The Hall–Kier alpha value is -3.69. The lowest BCUT2D eigenvalue weighted by Crippen LogP contribution is -2.19. The molecular formula is C19H20N8O2. The zero-order valence-corrected chi connectivity index (χ0v) is 16.1. The van der Waals surface area contributed by atoms with Gasteiger partial charge in [0.25, 0.3) is 5.91 Å². The topological polar surface area (TPSA) is 128 Å². The third-order valence-corrected chi connectivity index (χ3v) is 4.58. The summed E-state index contributed by atoms with van der Waals surface area (Å²) in [5, 5.41) is 9.95. The summed E-state index contributed by atoms with van der Waals surface area (Å²) in [5.41, 5.74) is 1.92. The van der Waals surface area contributed by atoms with Crippen molar-refractivity contribution in [1.82, 2.24) is 29.7 Å². The van der Waals surface area contributed by atoms with Crippen molar-refractivity contribution in [3.8, 4) is 0 Å². The second-order valence-corrected chi connectivity index (χ2v) is 6.78. The van der Waals surface area contributed by atoms with Gasteiger partial charge in [-0.3, -0.25) is 14.3 Å². The van der Waals surface area contributed by atoms with E-state index in [-0.39, 0.29) is 17.4 Å². The lowest BCUT2D eigenvalue weighted by atomic mass is 10.2. The minimum atomic E-state index is -0.452. The van der Waals surface area contributed by atoms with E-state index in [4.69, 9.17) is 0 Å². The summed E-state index contributed by atoms with van der Waals surface area (Å²) in [4.78, 5) is 42.1. The molecule has 1 aliphatic rings. The number of carbonyl (C=O) groups is 2. The molecule has 148 valence electrons. The van der Waals surface area contributed by atoms with Crippen LogP contribution in [0.5, 0.6) is 0 Å². The highest BCUT2D eigenvalue weighted by Gasteiger charge is 2.29. The molecule has 2 N–H and O–H groups in total. The summed E-state index contributed by atoms with van der Waals surface area (Å²) in [5.74, 6) is 0.362. The molecule has 4 rings (SSSR count). The van der Waals surface area contributed by atoms with E-state index < -0.39 is 5.91 Å². The van der Waals surface area contributed by atoms with Gasteiger partial charge in [0.1, 0.15) is 17.8 Å². The third-order valence-electron chi connectivity index (χ3n) is 4.58. The van der Waals surface area contributed by atoms with Gasteiger partial charge in [0.15, 0.2) is 11.5 Å². The van der Waals surface area contributed by atoms with Gasteiger partial charge in [-0.25, -0.2) is 19.9 Å². The van der Waals surface area contributed by atoms with Crippen molar-refractivity contribution >= 4 is 28.8 Å². The van der Waals surface area contributed by atoms with Crippen molar-refractivity contribution in [3.63, 3.8) is 0 Å². The quantitative estimate of drug-likeness (QED) is 0.587. The highest BCUT2D eigenvalue weighted by Crippen LogP contribution is 2.38. The molecule has 1 amide bonds. The second-order valence-electron chi connectivity index (χ2n) is 6.78. The Bertz CT molecular complexity index is 1060. The molecule has 0 aliphatic heterocycles. The number of anilines is 3. The van der Waals surface area contributed by atoms with Crippen LogP contribution in [0.25, 0.3) is 0 Å². The lowest BCUT2D eigenvalue weighted by molar-refractivity contribution is 0.0980. The Labute approximate surface area is 166 Å².